The lowest BCUT2D eigenvalue weighted by Gasteiger charge is -2.14. The van der Waals surface area contributed by atoms with Crippen LogP contribution >= 0.6 is 0 Å². The number of aromatic nitrogens is 3. The van der Waals surface area contributed by atoms with Crippen molar-refractivity contribution in [1.82, 2.24) is 19.9 Å². The van der Waals surface area contributed by atoms with Gasteiger partial charge in [-0.2, -0.15) is 0 Å². The summed E-state index contributed by atoms with van der Waals surface area (Å²) in [7, 11) is 0. The number of carbonyl (C=O) groups is 1. The molecule has 2 aromatic heterocycles. The molecule has 0 saturated carbocycles. The Morgan fingerprint density at radius 1 is 1.14 bits per heavy atom. The maximum absolute atomic E-state index is 12.7. The molecule has 0 saturated heterocycles. The van der Waals surface area contributed by atoms with E-state index in [-0.39, 0.29) is 24.1 Å². The second-order valence-corrected chi connectivity index (χ2v) is 7.06. The van der Waals surface area contributed by atoms with E-state index in [1.54, 1.807) is 0 Å². The summed E-state index contributed by atoms with van der Waals surface area (Å²) in [5, 5.41) is 3.87. The first-order chi connectivity index (χ1) is 13.6. The van der Waals surface area contributed by atoms with Gasteiger partial charge in [-0.05, 0) is 31.4 Å². The van der Waals surface area contributed by atoms with Gasteiger partial charge >= 0.3 is 0 Å². The van der Waals surface area contributed by atoms with Gasteiger partial charge in [0.05, 0.1) is 6.33 Å². The molecular weight excluding hydrogens is 352 g/mol. The number of para-hydroxylation sites is 1. The highest BCUT2D eigenvalue weighted by atomic mass is 16.2. The fraction of sp³-hybridized carbons (Fsp3) is 0.227. The molecule has 1 atom stereocenters. The molecule has 142 valence electrons. The molecular formula is C22H22N4O2. The van der Waals surface area contributed by atoms with Crippen molar-refractivity contribution >= 4 is 27.8 Å². The first kappa shape index (κ1) is 18.0. The van der Waals surface area contributed by atoms with Crippen LogP contribution in [-0.2, 0) is 17.8 Å². The van der Waals surface area contributed by atoms with Crippen molar-refractivity contribution in [3.05, 3.63) is 76.8 Å². The van der Waals surface area contributed by atoms with Crippen LogP contribution in [0.1, 0.15) is 18.9 Å². The normalized spacial score (nSPS) is 12.3. The molecule has 0 bridgehead atoms. The van der Waals surface area contributed by atoms with E-state index < -0.39 is 0 Å². The van der Waals surface area contributed by atoms with Crippen molar-refractivity contribution in [1.29, 1.82) is 0 Å². The molecule has 0 fully saturated rings. The summed E-state index contributed by atoms with van der Waals surface area (Å²) in [4.78, 5) is 32.6. The lowest BCUT2D eigenvalue weighted by Crippen LogP contribution is -2.37. The van der Waals surface area contributed by atoms with E-state index in [9.17, 15) is 9.59 Å². The summed E-state index contributed by atoms with van der Waals surface area (Å²) >= 11 is 0. The van der Waals surface area contributed by atoms with Crippen molar-refractivity contribution in [2.45, 2.75) is 32.4 Å². The van der Waals surface area contributed by atoms with Crippen LogP contribution in [0.3, 0.4) is 0 Å². The minimum atomic E-state index is -0.242. The van der Waals surface area contributed by atoms with Gasteiger partial charge in [-0.3, -0.25) is 14.2 Å². The van der Waals surface area contributed by atoms with Crippen molar-refractivity contribution in [3.63, 3.8) is 0 Å². The number of aromatic amines is 1. The Morgan fingerprint density at radius 2 is 1.89 bits per heavy atom. The fourth-order valence-corrected chi connectivity index (χ4v) is 3.43. The summed E-state index contributed by atoms with van der Waals surface area (Å²) in [5.41, 5.74) is 2.92. The average molecular weight is 374 g/mol. The Hall–Kier alpha value is -3.41. The lowest BCUT2D eigenvalue weighted by molar-refractivity contribution is -0.122. The molecule has 0 spiro atoms. The molecule has 2 N–H and O–H groups in total. The molecule has 28 heavy (non-hydrogen) atoms. The van der Waals surface area contributed by atoms with Gasteiger partial charge in [0.25, 0.3) is 5.56 Å². The first-order valence-corrected chi connectivity index (χ1v) is 9.41. The molecule has 2 aromatic carbocycles. The van der Waals surface area contributed by atoms with Crippen molar-refractivity contribution in [3.8, 4) is 0 Å². The summed E-state index contributed by atoms with van der Waals surface area (Å²) in [6, 6.07) is 17.8. The standard InChI is InChI=1S/C22H22N4O2/c1-15(11-12-16-7-3-2-4-8-16)24-19(27)13-26-14-23-20-17-9-5-6-10-18(17)25-21(20)22(26)28/h2-10,14-15,25H,11-13H2,1H3,(H,24,27)/t15-/m1/s1. The molecule has 0 aliphatic carbocycles. The Kier molecular flexibility index (Phi) is 4.93. The topological polar surface area (TPSA) is 79.8 Å². The maximum atomic E-state index is 12.7. The smallest absolute Gasteiger partial charge is 0.278 e. The predicted octanol–water partition coefficient (Wildman–Crippen LogP) is 3.02. The summed E-state index contributed by atoms with van der Waals surface area (Å²) < 4.78 is 1.34. The molecule has 4 rings (SSSR count). The number of rotatable bonds is 6. The molecule has 1 amide bonds. The van der Waals surface area contributed by atoms with Gasteiger partial charge in [-0.15, -0.1) is 0 Å². The van der Waals surface area contributed by atoms with Crippen molar-refractivity contribution in [2.24, 2.45) is 0 Å². The molecule has 6 heteroatoms. The van der Waals surface area contributed by atoms with Gasteiger partial charge in [-0.25, -0.2) is 4.98 Å². The number of amides is 1. The second-order valence-electron chi connectivity index (χ2n) is 7.06. The van der Waals surface area contributed by atoms with E-state index >= 15 is 0 Å². The SMILES string of the molecule is C[C@H](CCc1ccccc1)NC(=O)Cn1cnc2c([nH]c3ccccc32)c1=O. The van der Waals surface area contributed by atoms with Crippen LogP contribution in [0.4, 0.5) is 0 Å². The van der Waals surface area contributed by atoms with Crippen LogP contribution in [-0.4, -0.2) is 26.5 Å². The maximum Gasteiger partial charge on any atom is 0.278 e. The Morgan fingerprint density at radius 3 is 2.71 bits per heavy atom. The monoisotopic (exact) mass is 374 g/mol. The minimum Gasteiger partial charge on any atom is -0.352 e. The molecule has 0 aliphatic heterocycles. The molecule has 4 aromatic rings. The summed E-state index contributed by atoms with van der Waals surface area (Å²) in [5.74, 6) is -0.195. The van der Waals surface area contributed by atoms with Crippen LogP contribution in [0.15, 0.2) is 65.7 Å². The van der Waals surface area contributed by atoms with E-state index in [1.807, 2.05) is 49.4 Å². The third-order valence-corrected chi connectivity index (χ3v) is 4.91. The Labute approximate surface area is 162 Å². The lowest BCUT2D eigenvalue weighted by atomic mass is 10.1. The highest BCUT2D eigenvalue weighted by molar-refractivity contribution is 6.04. The zero-order chi connectivity index (χ0) is 19.5. The van der Waals surface area contributed by atoms with Crippen molar-refractivity contribution < 1.29 is 4.79 Å². The Balaban J connectivity index is 1.44. The average Bonchev–Trinajstić information content (AvgIpc) is 3.09. The van der Waals surface area contributed by atoms with E-state index in [0.717, 1.165) is 23.7 Å². The van der Waals surface area contributed by atoms with E-state index in [0.29, 0.717) is 11.0 Å². The van der Waals surface area contributed by atoms with Crippen LogP contribution in [0.25, 0.3) is 21.9 Å². The van der Waals surface area contributed by atoms with Crippen LogP contribution in [0.5, 0.6) is 0 Å². The fourth-order valence-electron chi connectivity index (χ4n) is 3.43. The number of nitrogens with one attached hydrogen (secondary N) is 2. The highest BCUT2D eigenvalue weighted by Crippen LogP contribution is 2.20. The van der Waals surface area contributed by atoms with Gasteiger partial charge in [0.1, 0.15) is 17.6 Å². The van der Waals surface area contributed by atoms with Gasteiger partial charge in [0.2, 0.25) is 5.91 Å². The number of H-pyrrole nitrogens is 1. The number of nitrogens with zero attached hydrogens (tertiary/aromatic N) is 2. The molecule has 0 aliphatic rings. The second kappa shape index (κ2) is 7.68. The van der Waals surface area contributed by atoms with E-state index in [2.05, 4.69) is 27.4 Å². The van der Waals surface area contributed by atoms with Crippen LogP contribution in [0.2, 0.25) is 0 Å². The number of benzene rings is 2. The van der Waals surface area contributed by atoms with Crippen LogP contribution < -0.4 is 10.9 Å². The number of aryl methyl sites for hydroxylation is 1. The number of hydrogen-bond acceptors (Lipinski definition) is 3. The first-order valence-electron chi connectivity index (χ1n) is 9.41. The number of carbonyl (C=O) groups excluding carboxylic acids is 1. The zero-order valence-corrected chi connectivity index (χ0v) is 15.7. The van der Waals surface area contributed by atoms with Crippen LogP contribution in [0, 0.1) is 0 Å². The van der Waals surface area contributed by atoms with Crippen molar-refractivity contribution in [2.75, 3.05) is 0 Å². The minimum absolute atomic E-state index is 0.0215. The molecule has 0 unspecified atom stereocenters. The zero-order valence-electron chi connectivity index (χ0n) is 15.7. The number of hydrogen-bond donors (Lipinski definition) is 2. The quantitative estimate of drug-likeness (QED) is 0.544. The van der Waals surface area contributed by atoms with Gasteiger partial charge in [-0.1, -0.05) is 48.5 Å². The van der Waals surface area contributed by atoms with E-state index in [1.165, 1.54) is 16.5 Å². The summed E-state index contributed by atoms with van der Waals surface area (Å²) in [6.45, 7) is 1.93. The number of fused-ring (bicyclic) bond motifs is 3. The largest absolute Gasteiger partial charge is 0.352 e. The molecule has 0 radical (unpaired) electrons. The van der Waals surface area contributed by atoms with Gasteiger partial charge < -0.3 is 10.3 Å². The molecule has 2 heterocycles. The Bertz CT molecular complexity index is 1180. The molecule has 6 nitrogen and oxygen atoms in total. The summed E-state index contributed by atoms with van der Waals surface area (Å²) in [6.07, 6.45) is 3.17. The van der Waals surface area contributed by atoms with Gasteiger partial charge in [0, 0.05) is 16.9 Å². The predicted molar refractivity (Wildman–Crippen MR) is 110 cm³/mol. The van der Waals surface area contributed by atoms with E-state index in [4.69, 9.17) is 0 Å². The third-order valence-electron chi connectivity index (χ3n) is 4.91. The highest BCUT2D eigenvalue weighted by Gasteiger charge is 2.13. The van der Waals surface area contributed by atoms with Gasteiger partial charge in [0.15, 0.2) is 0 Å². The third kappa shape index (κ3) is 3.67.